The van der Waals surface area contributed by atoms with Crippen molar-refractivity contribution >= 4 is 33.2 Å². The van der Waals surface area contributed by atoms with Crippen molar-refractivity contribution in [2.75, 3.05) is 18.4 Å². The Morgan fingerprint density at radius 2 is 1.78 bits per heavy atom. The molecule has 23 heavy (non-hydrogen) atoms. The first-order valence-corrected chi connectivity index (χ1v) is 9.53. The number of carbonyl (C=O) groups is 1. The van der Waals surface area contributed by atoms with Gasteiger partial charge in [-0.2, -0.15) is 4.31 Å². The molecule has 1 aromatic carbocycles. The van der Waals surface area contributed by atoms with Crippen LogP contribution in [0.3, 0.4) is 0 Å². The molecule has 0 aromatic heterocycles. The van der Waals surface area contributed by atoms with Crippen LogP contribution in [0, 0.1) is 5.41 Å². The van der Waals surface area contributed by atoms with Crippen molar-refractivity contribution in [2.45, 2.75) is 45.9 Å². The number of benzene rings is 1. The summed E-state index contributed by atoms with van der Waals surface area (Å²) in [7, 11) is -3.68. The maximum atomic E-state index is 12.6. The molecule has 130 valence electrons. The van der Waals surface area contributed by atoms with Gasteiger partial charge >= 0.3 is 0 Å². The van der Waals surface area contributed by atoms with Crippen LogP contribution in [0.1, 0.15) is 41.0 Å². The minimum Gasteiger partial charge on any atom is -0.326 e. The number of sulfonamides is 1. The second-order valence-electron chi connectivity index (χ2n) is 5.93. The van der Waals surface area contributed by atoms with Crippen LogP contribution in [0.15, 0.2) is 23.1 Å². The second-order valence-corrected chi connectivity index (χ2v) is 8.24. The average Bonchev–Trinajstić information content (AvgIpc) is 2.49. The quantitative estimate of drug-likeness (QED) is 0.805. The van der Waals surface area contributed by atoms with Gasteiger partial charge in [-0.3, -0.25) is 4.79 Å². The average molecular weight is 361 g/mol. The van der Waals surface area contributed by atoms with Crippen LogP contribution in [0.25, 0.3) is 0 Å². The van der Waals surface area contributed by atoms with E-state index in [2.05, 4.69) is 5.32 Å². The van der Waals surface area contributed by atoms with Crippen molar-refractivity contribution in [2.24, 2.45) is 5.41 Å². The highest BCUT2D eigenvalue weighted by molar-refractivity contribution is 7.89. The SMILES string of the molecule is CCN(CC)S(=O)(=O)c1cc(NC(=O)C(C)(C)CC)ccc1Cl. The largest absolute Gasteiger partial charge is 0.326 e. The molecule has 1 aromatic rings. The Labute approximate surface area is 144 Å². The lowest BCUT2D eigenvalue weighted by molar-refractivity contribution is -0.124. The summed E-state index contributed by atoms with van der Waals surface area (Å²) in [5, 5.41) is 2.91. The van der Waals surface area contributed by atoms with Crippen LogP contribution < -0.4 is 5.32 Å². The smallest absolute Gasteiger partial charge is 0.244 e. The van der Waals surface area contributed by atoms with E-state index in [1.807, 2.05) is 20.8 Å². The molecule has 1 rings (SSSR count). The maximum absolute atomic E-state index is 12.6. The van der Waals surface area contributed by atoms with E-state index >= 15 is 0 Å². The monoisotopic (exact) mass is 360 g/mol. The summed E-state index contributed by atoms with van der Waals surface area (Å²) < 4.78 is 26.6. The first kappa shape index (κ1) is 19.9. The van der Waals surface area contributed by atoms with Crippen molar-refractivity contribution in [3.05, 3.63) is 23.2 Å². The number of nitrogens with one attached hydrogen (secondary N) is 1. The second kappa shape index (κ2) is 7.64. The molecule has 1 N–H and O–H groups in total. The number of carbonyl (C=O) groups excluding carboxylic acids is 1. The molecule has 0 bridgehead atoms. The number of anilines is 1. The van der Waals surface area contributed by atoms with Crippen LogP contribution in [0.5, 0.6) is 0 Å². The molecule has 0 saturated carbocycles. The summed E-state index contributed by atoms with van der Waals surface area (Å²) in [5.41, 5.74) is -0.107. The number of amides is 1. The van der Waals surface area contributed by atoms with Crippen molar-refractivity contribution in [3.63, 3.8) is 0 Å². The molecule has 0 fully saturated rings. The van der Waals surface area contributed by atoms with Gasteiger partial charge in [-0.25, -0.2) is 8.42 Å². The standard InChI is InChI=1S/C16H25ClN2O3S/c1-6-16(4,5)15(20)18-12-9-10-13(17)14(11-12)23(21,22)19(7-2)8-3/h9-11H,6-8H2,1-5H3,(H,18,20). The third-order valence-corrected chi connectivity index (χ3v) is 6.54. The summed E-state index contributed by atoms with van der Waals surface area (Å²) in [4.78, 5) is 12.3. The van der Waals surface area contributed by atoms with Crippen LogP contribution >= 0.6 is 11.6 Å². The lowest BCUT2D eigenvalue weighted by Crippen LogP contribution is -2.31. The molecule has 0 atom stereocenters. The van der Waals surface area contributed by atoms with Crippen LogP contribution in [-0.2, 0) is 14.8 Å². The van der Waals surface area contributed by atoms with E-state index in [9.17, 15) is 13.2 Å². The van der Waals surface area contributed by atoms with Crippen LogP contribution in [0.4, 0.5) is 5.69 Å². The van der Waals surface area contributed by atoms with E-state index in [1.54, 1.807) is 19.9 Å². The fraction of sp³-hybridized carbons (Fsp3) is 0.562. The van der Waals surface area contributed by atoms with Crippen molar-refractivity contribution in [1.29, 1.82) is 0 Å². The molecule has 0 aliphatic carbocycles. The third kappa shape index (κ3) is 4.46. The highest BCUT2D eigenvalue weighted by atomic mass is 35.5. The Morgan fingerprint density at radius 3 is 2.26 bits per heavy atom. The van der Waals surface area contributed by atoms with Gasteiger partial charge in [0.1, 0.15) is 4.90 Å². The zero-order valence-electron chi connectivity index (χ0n) is 14.3. The number of halogens is 1. The van der Waals surface area contributed by atoms with E-state index < -0.39 is 15.4 Å². The zero-order valence-corrected chi connectivity index (χ0v) is 15.9. The lowest BCUT2D eigenvalue weighted by atomic mass is 9.89. The summed E-state index contributed by atoms with van der Waals surface area (Å²) >= 11 is 6.07. The van der Waals surface area contributed by atoms with Gasteiger partial charge in [-0.15, -0.1) is 0 Å². The van der Waals surface area contributed by atoms with Crippen molar-refractivity contribution in [3.8, 4) is 0 Å². The molecule has 7 heteroatoms. The van der Waals surface area contributed by atoms with Crippen molar-refractivity contribution < 1.29 is 13.2 Å². The van der Waals surface area contributed by atoms with Gasteiger partial charge in [0, 0.05) is 24.2 Å². The summed E-state index contributed by atoms with van der Waals surface area (Å²) in [6.07, 6.45) is 0.678. The Morgan fingerprint density at radius 1 is 1.22 bits per heavy atom. The van der Waals surface area contributed by atoms with Crippen molar-refractivity contribution in [1.82, 2.24) is 4.31 Å². The van der Waals surface area contributed by atoms with Gasteiger partial charge < -0.3 is 5.32 Å². The normalized spacial score (nSPS) is 12.5. The summed E-state index contributed by atoms with van der Waals surface area (Å²) in [6.45, 7) is 9.85. The number of nitrogens with zero attached hydrogens (tertiary/aromatic N) is 1. The molecule has 0 radical (unpaired) electrons. The van der Waals surface area contributed by atoms with Gasteiger partial charge in [-0.05, 0) is 24.6 Å². The molecule has 5 nitrogen and oxygen atoms in total. The maximum Gasteiger partial charge on any atom is 0.244 e. The van der Waals surface area contributed by atoms with E-state index in [4.69, 9.17) is 11.6 Å². The molecule has 0 spiro atoms. The lowest BCUT2D eigenvalue weighted by Gasteiger charge is -2.22. The fourth-order valence-corrected chi connectivity index (χ4v) is 3.90. The Bertz CT molecular complexity index is 668. The molecule has 0 unspecified atom stereocenters. The van der Waals surface area contributed by atoms with Gasteiger partial charge in [0.25, 0.3) is 0 Å². The number of hydrogen-bond acceptors (Lipinski definition) is 3. The molecule has 1 amide bonds. The molecule has 0 heterocycles. The molecule has 0 aliphatic heterocycles. The first-order chi connectivity index (χ1) is 10.6. The third-order valence-electron chi connectivity index (χ3n) is 4.01. The predicted octanol–water partition coefficient (Wildman–Crippen LogP) is 3.75. The highest BCUT2D eigenvalue weighted by Gasteiger charge is 2.27. The summed E-state index contributed by atoms with van der Waals surface area (Å²) in [6, 6.07) is 4.51. The number of hydrogen-bond donors (Lipinski definition) is 1. The fourth-order valence-electron chi connectivity index (χ4n) is 1.94. The topological polar surface area (TPSA) is 66.5 Å². The summed E-state index contributed by atoms with van der Waals surface area (Å²) in [5.74, 6) is -0.159. The Kier molecular flexibility index (Phi) is 6.62. The van der Waals surface area contributed by atoms with Gasteiger partial charge in [0.05, 0.1) is 5.02 Å². The highest BCUT2D eigenvalue weighted by Crippen LogP contribution is 2.29. The Balaban J connectivity index is 3.22. The minimum atomic E-state index is -3.68. The van der Waals surface area contributed by atoms with Gasteiger partial charge in [-0.1, -0.05) is 46.2 Å². The predicted molar refractivity (Wildman–Crippen MR) is 94.3 cm³/mol. The van der Waals surface area contributed by atoms with E-state index in [0.717, 1.165) is 0 Å². The zero-order chi connectivity index (χ0) is 17.8. The van der Waals surface area contributed by atoms with E-state index in [-0.39, 0.29) is 15.8 Å². The first-order valence-electron chi connectivity index (χ1n) is 7.71. The molecular formula is C16H25ClN2O3S. The van der Waals surface area contributed by atoms with Gasteiger partial charge in [0.2, 0.25) is 15.9 Å². The Hall–Kier alpha value is -1.11. The van der Waals surface area contributed by atoms with E-state index in [1.165, 1.54) is 16.4 Å². The van der Waals surface area contributed by atoms with Crippen LogP contribution in [-0.4, -0.2) is 31.7 Å². The molecule has 0 aliphatic rings. The number of rotatable bonds is 7. The molecular weight excluding hydrogens is 336 g/mol. The molecule has 0 saturated heterocycles. The van der Waals surface area contributed by atoms with Crippen LogP contribution in [0.2, 0.25) is 5.02 Å². The minimum absolute atomic E-state index is 0.00923. The van der Waals surface area contributed by atoms with Gasteiger partial charge in [0.15, 0.2) is 0 Å². The van der Waals surface area contributed by atoms with E-state index in [0.29, 0.717) is 25.2 Å².